The van der Waals surface area contributed by atoms with E-state index >= 15 is 0 Å². The zero-order valence-corrected chi connectivity index (χ0v) is 14.7. The highest BCUT2D eigenvalue weighted by atomic mass is 32.2. The molecule has 2 N–H and O–H groups in total. The maximum absolute atomic E-state index is 13.1. The van der Waals surface area contributed by atoms with Crippen molar-refractivity contribution in [3.8, 4) is 0 Å². The third kappa shape index (κ3) is 2.83. The van der Waals surface area contributed by atoms with Crippen LogP contribution in [0.15, 0.2) is 71.6 Å². The summed E-state index contributed by atoms with van der Waals surface area (Å²) in [7, 11) is -4.63. The Labute approximate surface area is 155 Å². The molecule has 4 rings (SSSR count). The Hall–Kier alpha value is -3.29. The van der Waals surface area contributed by atoms with Gasteiger partial charge in [0.2, 0.25) is 0 Å². The molecule has 0 saturated heterocycles. The second-order valence-corrected chi connectivity index (χ2v) is 7.42. The van der Waals surface area contributed by atoms with Gasteiger partial charge in [-0.25, -0.2) is 0 Å². The van der Waals surface area contributed by atoms with Gasteiger partial charge in [0.15, 0.2) is 11.6 Å². The second-order valence-electron chi connectivity index (χ2n) is 6.03. The van der Waals surface area contributed by atoms with Crippen LogP contribution in [0.4, 0.5) is 11.4 Å². The van der Waals surface area contributed by atoms with Crippen LogP contribution < -0.4 is 5.32 Å². The summed E-state index contributed by atoms with van der Waals surface area (Å²) in [4.78, 5) is 25.4. The standard InChI is InChI=1S/C20H13NO5S/c22-19-13-8-4-5-9-14(13)20(23)17-15(19)10-11-16(27(24,25)26)18(17)21-12-6-2-1-3-7-12/h1-11,21H,(H,24,25,26). The molecule has 0 unspecified atom stereocenters. The van der Waals surface area contributed by atoms with Gasteiger partial charge < -0.3 is 5.32 Å². The average Bonchev–Trinajstić information content (AvgIpc) is 2.66. The van der Waals surface area contributed by atoms with Gasteiger partial charge in [-0.3, -0.25) is 14.1 Å². The van der Waals surface area contributed by atoms with Crippen LogP contribution in [-0.4, -0.2) is 24.5 Å². The number of para-hydroxylation sites is 1. The predicted octanol–water partition coefficient (Wildman–Crippen LogP) is 3.45. The van der Waals surface area contributed by atoms with E-state index in [1.807, 2.05) is 0 Å². The molecule has 27 heavy (non-hydrogen) atoms. The lowest BCUT2D eigenvalue weighted by Crippen LogP contribution is -2.23. The van der Waals surface area contributed by atoms with E-state index in [-0.39, 0.29) is 33.7 Å². The normalized spacial score (nSPS) is 13.1. The Bertz CT molecular complexity index is 1200. The molecule has 0 fully saturated rings. The summed E-state index contributed by atoms with van der Waals surface area (Å²) in [5, 5.41) is 2.88. The van der Waals surface area contributed by atoms with Crippen LogP contribution in [0.25, 0.3) is 0 Å². The Morgan fingerprint density at radius 1 is 0.704 bits per heavy atom. The first-order chi connectivity index (χ1) is 12.9. The van der Waals surface area contributed by atoms with Gasteiger partial charge in [-0.15, -0.1) is 0 Å². The van der Waals surface area contributed by atoms with Gasteiger partial charge >= 0.3 is 0 Å². The van der Waals surface area contributed by atoms with Crippen molar-refractivity contribution < 1.29 is 22.6 Å². The van der Waals surface area contributed by atoms with Crippen LogP contribution >= 0.6 is 0 Å². The minimum atomic E-state index is -4.63. The molecule has 0 spiro atoms. The first-order valence-electron chi connectivity index (χ1n) is 8.03. The highest BCUT2D eigenvalue weighted by molar-refractivity contribution is 7.86. The average molecular weight is 379 g/mol. The van der Waals surface area contributed by atoms with Crippen LogP contribution in [0.3, 0.4) is 0 Å². The molecule has 0 aromatic heterocycles. The van der Waals surface area contributed by atoms with Gasteiger partial charge in [0.25, 0.3) is 10.1 Å². The maximum Gasteiger partial charge on any atom is 0.296 e. The first kappa shape index (κ1) is 17.1. The maximum atomic E-state index is 13.1. The second kappa shape index (κ2) is 6.15. The monoisotopic (exact) mass is 379 g/mol. The van der Waals surface area contributed by atoms with Crippen LogP contribution in [-0.2, 0) is 10.1 Å². The number of hydrogen-bond donors (Lipinski definition) is 2. The van der Waals surface area contributed by atoms with E-state index in [4.69, 9.17) is 0 Å². The van der Waals surface area contributed by atoms with Crippen LogP contribution in [0.5, 0.6) is 0 Å². The van der Waals surface area contributed by atoms with E-state index in [1.54, 1.807) is 48.5 Å². The van der Waals surface area contributed by atoms with Crippen molar-refractivity contribution in [1.29, 1.82) is 0 Å². The topological polar surface area (TPSA) is 101 Å². The van der Waals surface area contributed by atoms with E-state index < -0.39 is 20.8 Å². The highest BCUT2D eigenvalue weighted by Crippen LogP contribution is 2.37. The fraction of sp³-hybridized carbons (Fsp3) is 0. The summed E-state index contributed by atoms with van der Waals surface area (Å²) in [6.45, 7) is 0. The van der Waals surface area contributed by atoms with Crippen molar-refractivity contribution >= 4 is 33.1 Å². The highest BCUT2D eigenvalue weighted by Gasteiger charge is 2.34. The first-order valence-corrected chi connectivity index (χ1v) is 9.47. The fourth-order valence-electron chi connectivity index (χ4n) is 3.17. The Morgan fingerprint density at radius 2 is 1.30 bits per heavy atom. The number of hydrogen-bond acceptors (Lipinski definition) is 5. The van der Waals surface area contributed by atoms with Crippen molar-refractivity contribution in [2.24, 2.45) is 0 Å². The molecule has 0 amide bonds. The number of fused-ring (bicyclic) bond motifs is 2. The summed E-state index contributed by atoms with van der Waals surface area (Å²) < 4.78 is 33.4. The number of ketones is 2. The SMILES string of the molecule is O=C1c2ccccc2C(=O)c2c1ccc(S(=O)(=O)O)c2Nc1ccccc1. The Kier molecular flexibility index (Phi) is 3.91. The largest absolute Gasteiger partial charge is 0.354 e. The van der Waals surface area contributed by atoms with Gasteiger partial charge in [-0.1, -0.05) is 42.5 Å². The summed E-state index contributed by atoms with van der Waals surface area (Å²) >= 11 is 0. The molecule has 134 valence electrons. The van der Waals surface area contributed by atoms with E-state index in [9.17, 15) is 22.6 Å². The number of benzene rings is 3. The minimum Gasteiger partial charge on any atom is -0.354 e. The molecular weight excluding hydrogens is 366 g/mol. The molecule has 0 saturated carbocycles. The van der Waals surface area contributed by atoms with Crippen molar-refractivity contribution in [3.05, 3.63) is 89.0 Å². The van der Waals surface area contributed by atoms with Crippen molar-refractivity contribution in [3.63, 3.8) is 0 Å². The zero-order valence-electron chi connectivity index (χ0n) is 13.8. The van der Waals surface area contributed by atoms with Crippen molar-refractivity contribution in [2.75, 3.05) is 5.32 Å². The lowest BCUT2D eigenvalue weighted by Gasteiger charge is -2.22. The lowest BCUT2D eigenvalue weighted by atomic mass is 9.83. The molecular formula is C20H13NO5S. The molecule has 7 heteroatoms. The molecule has 0 atom stereocenters. The van der Waals surface area contributed by atoms with Crippen LogP contribution in [0.2, 0.25) is 0 Å². The number of rotatable bonds is 3. The Morgan fingerprint density at radius 3 is 1.93 bits per heavy atom. The number of anilines is 2. The van der Waals surface area contributed by atoms with Crippen molar-refractivity contribution in [1.82, 2.24) is 0 Å². The van der Waals surface area contributed by atoms with E-state index in [2.05, 4.69) is 5.32 Å². The van der Waals surface area contributed by atoms with E-state index in [0.717, 1.165) is 6.07 Å². The quantitative estimate of drug-likeness (QED) is 0.529. The molecule has 0 aliphatic heterocycles. The van der Waals surface area contributed by atoms with Crippen molar-refractivity contribution in [2.45, 2.75) is 4.90 Å². The molecule has 3 aromatic rings. The molecule has 1 aliphatic rings. The minimum absolute atomic E-state index is 0.0716. The molecule has 0 radical (unpaired) electrons. The lowest BCUT2D eigenvalue weighted by molar-refractivity contribution is 0.0979. The number of carbonyl (C=O) groups is 2. The molecule has 0 bridgehead atoms. The van der Waals surface area contributed by atoms with Gasteiger partial charge in [0.1, 0.15) is 4.90 Å². The van der Waals surface area contributed by atoms with Crippen LogP contribution in [0, 0.1) is 0 Å². The summed E-state index contributed by atoms with van der Waals surface area (Å²) in [5.41, 5.74) is 0.866. The summed E-state index contributed by atoms with van der Waals surface area (Å²) in [6.07, 6.45) is 0. The third-order valence-corrected chi connectivity index (χ3v) is 5.27. The molecule has 0 heterocycles. The van der Waals surface area contributed by atoms with Gasteiger partial charge in [-0.2, -0.15) is 8.42 Å². The fourth-order valence-corrected chi connectivity index (χ4v) is 3.82. The zero-order chi connectivity index (χ0) is 19.2. The smallest absolute Gasteiger partial charge is 0.296 e. The number of nitrogens with one attached hydrogen (secondary N) is 1. The van der Waals surface area contributed by atoms with Gasteiger partial charge in [-0.05, 0) is 24.3 Å². The summed E-state index contributed by atoms with van der Waals surface area (Å²) in [5.74, 6) is -0.859. The third-order valence-electron chi connectivity index (χ3n) is 4.38. The van der Waals surface area contributed by atoms with Gasteiger partial charge in [0.05, 0.1) is 11.3 Å². The van der Waals surface area contributed by atoms with E-state index in [0.29, 0.717) is 5.69 Å². The molecule has 3 aromatic carbocycles. The Balaban J connectivity index is 2.01. The van der Waals surface area contributed by atoms with Crippen LogP contribution in [0.1, 0.15) is 31.8 Å². The molecule has 1 aliphatic carbocycles. The summed E-state index contributed by atoms with van der Waals surface area (Å²) in [6, 6.07) is 17.3. The van der Waals surface area contributed by atoms with E-state index in [1.165, 1.54) is 12.1 Å². The predicted molar refractivity (Wildman–Crippen MR) is 99.3 cm³/mol. The molecule has 6 nitrogen and oxygen atoms in total. The number of carbonyl (C=O) groups excluding carboxylic acids is 2. The van der Waals surface area contributed by atoms with Gasteiger partial charge in [0, 0.05) is 22.4 Å².